The maximum absolute atomic E-state index is 13.9. The Labute approximate surface area is 231 Å². The number of carbonyl (C=O) groups is 2. The fraction of sp³-hybridized carbons (Fsp3) is 0.125. The number of aromatic nitrogens is 1. The van der Waals surface area contributed by atoms with Crippen molar-refractivity contribution >= 4 is 34.1 Å². The highest BCUT2D eigenvalue weighted by Crippen LogP contribution is 2.27. The van der Waals surface area contributed by atoms with E-state index in [1.165, 1.54) is 12.1 Å². The van der Waals surface area contributed by atoms with Crippen LogP contribution in [0.2, 0.25) is 0 Å². The smallest absolute Gasteiger partial charge is 0.271 e. The first-order valence-corrected chi connectivity index (χ1v) is 12.9. The Morgan fingerprint density at radius 2 is 1.48 bits per heavy atom. The number of nitrogens with zero attached hydrogens (tertiary/aromatic N) is 1. The maximum atomic E-state index is 13.9. The van der Waals surface area contributed by atoms with Crippen molar-refractivity contribution in [1.29, 1.82) is 0 Å². The lowest BCUT2D eigenvalue weighted by atomic mass is 9.90. The van der Waals surface area contributed by atoms with Crippen molar-refractivity contribution in [2.75, 3.05) is 5.32 Å². The molecule has 5 rings (SSSR count). The third-order valence-corrected chi connectivity index (χ3v) is 6.95. The van der Waals surface area contributed by atoms with Gasteiger partial charge in [-0.25, -0.2) is 0 Å². The number of nitro benzene ring substituents is 1. The lowest BCUT2D eigenvalue weighted by molar-refractivity contribution is -0.384. The summed E-state index contributed by atoms with van der Waals surface area (Å²) in [6.45, 7) is 1.76. The van der Waals surface area contributed by atoms with Crippen molar-refractivity contribution in [3.05, 3.63) is 142 Å². The topological polar surface area (TPSA) is 117 Å². The van der Waals surface area contributed by atoms with Crippen LogP contribution in [-0.4, -0.2) is 27.8 Å². The van der Waals surface area contributed by atoms with E-state index < -0.39 is 22.8 Å². The lowest BCUT2D eigenvalue weighted by Gasteiger charge is -2.23. The predicted octanol–water partition coefficient (Wildman–Crippen LogP) is 5.88. The summed E-state index contributed by atoms with van der Waals surface area (Å²) >= 11 is 0. The molecule has 1 atom stereocenters. The van der Waals surface area contributed by atoms with E-state index in [1.807, 2.05) is 91.1 Å². The van der Waals surface area contributed by atoms with Crippen molar-refractivity contribution in [3.63, 3.8) is 0 Å². The Balaban J connectivity index is 1.49. The second-order valence-corrected chi connectivity index (χ2v) is 9.62. The summed E-state index contributed by atoms with van der Waals surface area (Å²) < 4.78 is 0. The van der Waals surface area contributed by atoms with Gasteiger partial charge in [0.25, 0.3) is 5.69 Å². The summed E-state index contributed by atoms with van der Waals surface area (Å²) in [5, 5.41) is 18.1. The number of rotatable bonds is 9. The highest BCUT2D eigenvalue weighted by atomic mass is 16.6. The minimum absolute atomic E-state index is 0.133. The summed E-state index contributed by atoms with van der Waals surface area (Å²) in [4.78, 5) is 41.7. The maximum Gasteiger partial charge on any atom is 0.271 e. The van der Waals surface area contributed by atoms with E-state index >= 15 is 0 Å². The molecule has 8 nitrogen and oxygen atoms in total. The average molecular weight is 533 g/mol. The molecular weight excluding hydrogens is 504 g/mol. The molecule has 1 heterocycles. The number of aryl methyl sites for hydroxylation is 1. The molecule has 8 heteroatoms. The number of aromatic amines is 1. The van der Waals surface area contributed by atoms with Crippen LogP contribution in [0.1, 0.15) is 28.2 Å². The Morgan fingerprint density at radius 1 is 0.850 bits per heavy atom. The highest BCUT2D eigenvalue weighted by Gasteiger charge is 2.29. The molecule has 2 amide bonds. The molecular formula is C32H28N4O4. The number of H-pyrrole nitrogens is 1. The van der Waals surface area contributed by atoms with Crippen LogP contribution in [-0.2, 0) is 16.0 Å². The third kappa shape index (κ3) is 5.76. The van der Waals surface area contributed by atoms with E-state index in [4.69, 9.17) is 0 Å². The number of hydrogen-bond donors (Lipinski definition) is 3. The molecule has 0 unspecified atom stereocenters. The van der Waals surface area contributed by atoms with E-state index in [9.17, 15) is 19.7 Å². The molecule has 0 fully saturated rings. The molecule has 0 saturated heterocycles. The van der Waals surface area contributed by atoms with Gasteiger partial charge in [0, 0.05) is 35.7 Å². The Kier molecular flexibility index (Phi) is 7.68. The minimum atomic E-state index is -0.958. The molecule has 5 aromatic rings. The van der Waals surface area contributed by atoms with Gasteiger partial charge in [-0.05, 0) is 35.2 Å². The largest absolute Gasteiger partial charge is 0.361 e. The van der Waals surface area contributed by atoms with Crippen LogP contribution >= 0.6 is 0 Å². The normalized spacial score (nSPS) is 11.8. The minimum Gasteiger partial charge on any atom is -0.361 e. The Bertz CT molecular complexity index is 1630. The summed E-state index contributed by atoms with van der Waals surface area (Å²) in [5.74, 6) is -1.43. The van der Waals surface area contributed by atoms with Crippen LogP contribution in [0.4, 0.5) is 11.4 Å². The van der Waals surface area contributed by atoms with Gasteiger partial charge >= 0.3 is 0 Å². The van der Waals surface area contributed by atoms with Crippen LogP contribution in [0.5, 0.6) is 0 Å². The molecule has 0 aliphatic carbocycles. The van der Waals surface area contributed by atoms with Crippen molar-refractivity contribution in [2.24, 2.45) is 0 Å². The van der Waals surface area contributed by atoms with Crippen LogP contribution in [0.15, 0.2) is 109 Å². The van der Waals surface area contributed by atoms with Gasteiger partial charge in [-0.3, -0.25) is 19.7 Å². The van der Waals surface area contributed by atoms with E-state index in [2.05, 4.69) is 15.6 Å². The summed E-state index contributed by atoms with van der Waals surface area (Å²) in [6, 6.07) is 29.9. The number of non-ortho nitro benzene ring substituents is 1. The van der Waals surface area contributed by atoms with Gasteiger partial charge in [0.2, 0.25) is 11.8 Å². The third-order valence-electron chi connectivity index (χ3n) is 6.95. The van der Waals surface area contributed by atoms with Gasteiger partial charge in [-0.2, -0.15) is 0 Å². The molecule has 1 aromatic heterocycles. The molecule has 0 radical (unpaired) electrons. The van der Waals surface area contributed by atoms with Gasteiger partial charge in [-0.1, -0.05) is 84.9 Å². The summed E-state index contributed by atoms with van der Waals surface area (Å²) in [7, 11) is 0. The molecule has 3 N–H and O–H groups in total. The number of amides is 2. The molecule has 40 heavy (non-hydrogen) atoms. The summed E-state index contributed by atoms with van der Waals surface area (Å²) in [6.07, 6.45) is 2.05. The van der Waals surface area contributed by atoms with Gasteiger partial charge in [0.1, 0.15) is 6.04 Å². The monoisotopic (exact) mass is 532 g/mol. The first-order valence-electron chi connectivity index (χ1n) is 12.9. The van der Waals surface area contributed by atoms with E-state index in [0.717, 1.165) is 27.6 Å². The van der Waals surface area contributed by atoms with E-state index in [0.29, 0.717) is 11.3 Å². The molecule has 0 aliphatic heterocycles. The number of nitro groups is 1. The quantitative estimate of drug-likeness (QED) is 0.162. The summed E-state index contributed by atoms with van der Waals surface area (Å²) in [5.41, 5.74) is 4.24. The number of carbonyl (C=O) groups excluding carboxylic acids is 2. The van der Waals surface area contributed by atoms with Gasteiger partial charge in [0.15, 0.2) is 0 Å². The first kappa shape index (κ1) is 26.4. The van der Waals surface area contributed by atoms with Crippen LogP contribution in [0, 0.1) is 17.0 Å². The standard InChI is InChI=1S/C32H28N4O4/c1-21-16-17-25(36(39)40)19-28(21)34-31(37)29(18-24-20-33-27-15-9-8-14-26(24)27)35-32(38)30(22-10-4-2-5-11-22)23-12-6-3-7-13-23/h2-17,19-20,29-30,33H,18H2,1H3,(H,34,37)(H,35,38)/t29-/m1/s1. The number of hydrogen-bond acceptors (Lipinski definition) is 4. The van der Waals surface area contributed by atoms with Crippen LogP contribution < -0.4 is 10.6 Å². The zero-order chi connectivity index (χ0) is 28.1. The predicted molar refractivity (Wildman–Crippen MR) is 155 cm³/mol. The second kappa shape index (κ2) is 11.7. The molecule has 0 saturated carbocycles. The number of para-hydroxylation sites is 1. The number of fused-ring (bicyclic) bond motifs is 1. The van der Waals surface area contributed by atoms with Gasteiger partial charge < -0.3 is 15.6 Å². The lowest BCUT2D eigenvalue weighted by Crippen LogP contribution is -2.47. The number of benzene rings is 4. The van der Waals surface area contributed by atoms with E-state index in [-0.39, 0.29) is 18.0 Å². The van der Waals surface area contributed by atoms with Crippen LogP contribution in [0.25, 0.3) is 10.9 Å². The zero-order valence-corrected chi connectivity index (χ0v) is 21.8. The van der Waals surface area contributed by atoms with Crippen molar-refractivity contribution in [3.8, 4) is 0 Å². The fourth-order valence-corrected chi connectivity index (χ4v) is 4.85. The molecule has 200 valence electrons. The SMILES string of the molecule is Cc1ccc([N+](=O)[O-])cc1NC(=O)[C@@H](Cc1c[nH]c2ccccc12)NC(=O)C(c1ccccc1)c1ccccc1. The number of anilines is 1. The van der Waals surface area contributed by atoms with Crippen molar-refractivity contribution < 1.29 is 14.5 Å². The van der Waals surface area contributed by atoms with Gasteiger partial charge in [-0.15, -0.1) is 0 Å². The first-order chi connectivity index (χ1) is 19.4. The number of nitrogens with one attached hydrogen (secondary N) is 3. The highest BCUT2D eigenvalue weighted by molar-refractivity contribution is 6.00. The van der Waals surface area contributed by atoms with Crippen molar-refractivity contribution in [2.45, 2.75) is 25.3 Å². The fourth-order valence-electron chi connectivity index (χ4n) is 4.85. The van der Waals surface area contributed by atoms with Crippen LogP contribution in [0.3, 0.4) is 0 Å². The van der Waals surface area contributed by atoms with Gasteiger partial charge in [0.05, 0.1) is 16.5 Å². The average Bonchev–Trinajstić information content (AvgIpc) is 3.37. The Hall–Kier alpha value is -5.24. The zero-order valence-electron chi connectivity index (χ0n) is 21.8. The van der Waals surface area contributed by atoms with E-state index in [1.54, 1.807) is 13.0 Å². The second-order valence-electron chi connectivity index (χ2n) is 9.62. The molecule has 0 aliphatic rings. The molecule has 4 aromatic carbocycles. The van der Waals surface area contributed by atoms with Crippen molar-refractivity contribution in [1.82, 2.24) is 10.3 Å². The molecule has 0 bridgehead atoms. The Morgan fingerprint density at radius 3 is 2.12 bits per heavy atom. The molecule has 0 spiro atoms.